The van der Waals surface area contributed by atoms with E-state index in [4.69, 9.17) is 4.74 Å². The van der Waals surface area contributed by atoms with Crippen LogP contribution in [0.5, 0.6) is 0 Å². The number of carboxylic acids is 1. The normalized spacial score (nSPS) is 15.9. The SMILES string of the molecule is CC(C)C[C@H](NC(=O)[C@H](CCc1ccccc1)NC(=O)CN1CCOCC1)C(=O)N[C@@H](Cc1ccccc1)C(=O)O. The van der Waals surface area contributed by atoms with Crippen molar-refractivity contribution >= 4 is 23.7 Å². The summed E-state index contributed by atoms with van der Waals surface area (Å²) in [5.41, 5.74) is 1.79. The van der Waals surface area contributed by atoms with Gasteiger partial charge in [-0.2, -0.15) is 0 Å². The molecule has 2 aromatic carbocycles. The number of hydrogen-bond donors (Lipinski definition) is 4. The monoisotopic (exact) mass is 566 g/mol. The number of hydrogen-bond acceptors (Lipinski definition) is 6. The number of carbonyl (C=O) groups excluding carboxylic acids is 3. The molecule has 10 nitrogen and oxygen atoms in total. The van der Waals surface area contributed by atoms with Crippen molar-refractivity contribution < 1.29 is 29.0 Å². The maximum absolute atomic E-state index is 13.5. The maximum atomic E-state index is 13.5. The molecular weight excluding hydrogens is 524 g/mol. The number of nitrogens with one attached hydrogen (secondary N) is 3. The van der Waals surface area contributed by atoms with E-state index in [0.29, 0.717) is 45.6 Å². The molecule has 0 spiro atoms. The first-order valence-corrected chi connectivity index (χ1v) is 14.2. The molecule has 10 heteroatoms. The van der Waals surface area contributed by atoms with E-state index in [1.165, 1.54) is 0 Å². The number of amides is 3. The predicted molar refractivity (Wildman–Crippen MR) is 155 cm³/mol. The molecule has 0 aromatic heterocycles. The van der Waals surface area contributed by atoms with Gasteiger partial charge in [0.25, 0.3) is 0 Å². The second-order valence-electron chi connectivity index (χ2n) is 10.8. The lowest BCUT2D eigenvalue weighted by Crippen LogP contribution is -2.57. The lowest BCUT2D eigenvalue weighted by Gasteiger charge is -2.28. The number of morpholine rings is 1. The fourth-order valence-electron chi connectivity index (χ4n) is 4.72. The second kappa shape index (κ2) is 16.5. The van der Waals surface area contributed by atoms with Gasteiger partial charge >= 0.3 is 5.97 Å². The lowest BCUT2D eigenvalue weighted by molar-refractivity contribution is -0.142. The summed E-state index contributed by atoms with van der Waals surface area (Å²) in [5, 5.41) is 18.1. The zero-order chi connectivity index (χ0) is 29.6. The Balaban J connectivity index is 1.70. The van der Waals surface area contributed by atoms with Crippen molar-refractivity contribution in [1.82, 2.24) is 20.9 Å². The molecule has 4 N–H and O–H groups in total. The highest BCUT2D eigenvalue weighted by Gasteiger charge is 2.30. The molecule has 1 aliphatic rings. The molecule has 0 aliphatic carbocycles. The molecule has 1 fully saturated rings. The molecule has 3 atom stereocenters. The van der Waals surface area contributed by atoms with Crippen LogP contribution in [0.15, 0.2) is 60.7 Å². The van der Waals surface area contributed by atoms with Crippen LogP contribution in [0.25, 0.3) is 0 Å². The Labute approximate surface area is 241 Å². The summed E-state index contributed by atoms with van der Waals surface area (Å²) in [6, 6.07) is 15.7. The van der Waals surface area contributed by atoms with Crippen LogP contribution < -0.4 is 16.0 Å². The third kappa shape index (κ3) is 11.3. The number of aryl methyl sites for hydroxylation is 1. The fourth-order valence-corrected chi connectivity index (χ4v) is 4.72. The summed E-state index contributed by atoms with van der Waals surface area (Å²) in [5.74, 6) is -2.45. The quantitative estimate of drug-likeness (QED) is 0.258. The minimum atomic E-state index is -1.16. The van der Waals surface area contributed by atoms with Crippen LogP contribution in [0.4, 0.5) is 0 Å². The number of benzene rings is 2. The number of carbonyl (C=O) groups is 4. The second-order valence-corrected chi connectivity index (χ2v) is 10.8. The first-order valence-electron chi connectivity index (χ1n) is 14.2. The topological polar surface area (TPSA) is 137 Å². The zero-order valence-electron chi connectivity index (χ0n) is 23.9. The molecule has 3 rings (SSSR count). The Bertz CT molecular complexity index is 1120. The predicted octanol–water partition coefficient (Wildman–Crippen LogP) is 1.78. The van der Waals surface area contributed by atoms with Gasteiger partial charge < -0.3 is 25.8 Å². The van der Waals surface area contributed by atoms with E-state index in [0.717, 1.165) is 11.1 Å². The third-order valence-corrected chi connectivity index (χ3v) is 6.92. The van der Waals surface area contributed by atoms with Gasteiger partial charge in [0.15, 0.2) is 0 Å². The molecule has 0 saturated carbocycles. The van der Waals surface area contributed by atoms with Crippen molar-refractivity contribution in [2.75, 3.05) is 32.8 Å². The third-order valence-electron chi connectivity index (χ3n) is 6.92. The fraction of sp³-hybridized carbons (Fsp3) is 0.484. The Morgan fingerprint density at radius 1 is 0.805 bits per heavy atom. The minimum absolute atomic E-state index is 0.0436. The molecule has 1 saturated heterocycles. The van der Waals surface area contributed by atoms with Crippen LogP contribution in [-0.4, -0.2) is 84.7 Å². The maximum Gasteiger partial charge on any atom is 0.326 e. The summed E-state index contributed by atoms with van der Waals surface area (Å²) in [4.78, 5) is 53.7. The van der Waals surface area contributed by atoms with Gasteiger partial charge in [-0.15, -0.1) is 0 Å². The molecule has 1 aliphatic heterocycles. The standard InChI is InChI=1S/C31H42N4O6/c1-22(2)19-26(30(38)34-27(31(39)40)20-24-11-7-4-8-12-24)33-29(37)25(14-13-23-9-5-3-6-10-23)32-28(36)21-35-15-17-41-18-16-35/h3-12,22,25-27H,13-21H2,1-2H3,(H,32,36)(H,33,37)(H,34,38)(H,39,40)/t25-,26-,27-/m0/s1. The van der Waals surface area contributed by atoms with Crippen molar-refractivity contribution in [2.45, 2.75) is 57.7 Å². The lowest BCUT2D eigenvalue weighted by atomic mass is 10.00. The summed E-state index contributed by atoms with van der Waals surface area (Å²) in [6.45, 7) is 6.37. The van der Waals surface area contributed by atoms with Crippen molar-refractivity contribution in [3.63, 3.8) is 0 Å². The molecule has 0 unspecified atom stereocenters. The minimum Gasteiger partial charge on any atom is -0.480 e. The molecule has 1 heterocycles. The van der Waals surface area contributed by atoms with E-state index < -0.39 is 35.9 Å². The van der Waals surface area contributed by atoms with Crippen molar-refractivity contribution in [1.29, 1.82) is 0 Å². The molecule has 222 valence electrons. The number of carboxylic acid groups (broad SMARTS) is 1. The highest BCUT2D eigenvalue weighted by Crippen LogP contribution is 2.11. The van der Waals surface area contributed by atoms with Crippen molar-refractivity contribution in [3.8, 4) is 0 Å². The Kier molecular flexibility index (Phi) is 12.8. The van der Waals surface area contributed by atoms with Gasteiger partial charge in [-0.1, -0.05) is 74.5 Å². The number of nitrogens with zero attached hydrogens (tertiary/aromatic N) is 1. The van der Waals surface area contributed by atoms with Gasteiger partial charge in [-0.25, -0.2) is 4.79 Å². The Morgan fingerprint density at radius 2 is 1.37 bits per heavy atom. The number of ether oxygens (including phenoxy) is 1. The van der Waals surface area contributed by atoms with Gasteiger partial charge in [0.2, 0.25) is 17.7 Å². The molecule has 0 bridgehead atoms. The van der Waals surface area contributed by atoms with E-state index in [2.05, 4.69) is 16.0 Å². The van der Waals surface area contributed by atoms with Gasteiger partial charge in [-0.05, 0) is 36.3 Å². The molecule has 41 heavy (non-hydrogen) atoms. The first-order chi connectivity index (χ1) is 19.7. The van der Waals surface area contributed by atoms with E-state index in [1.807, 2.05) is 55.1 Å². The zero-order valence-corrected chi connectivity index (χ0v) is 23.9. The Morgan fingerprint density at radius 3 is 1.95 bits per heavy atom. The highest BCUT2D eigenvalue weighted by atomic mass is 16.5. The Hall–Kier alpha value is -3.76. The van der Waals surface area contributed by atoms with Crippen LogP contribution >= 0.6 is 0 Å². The number of rotatable bonds is 15. The van der Waals surface area contributed by atoms with Crippen molar-refractivity contribution in [3.05, 3.63) is 71.8 Å². The molecule has 3 amide bonds. The van der Waals surface area contributed by atoms with E-state index >= 15 is 0 Å². The van der Waals surface area contributed by atoms with E-state index in [-0.39, 0.29) is 24.8 Å². The molecule has 2 aromatic rings. The summed E-state index contributed by atoms with van der Waals surface area (Å²) < 4.78 is 5.35. The summed E-state index contributed by atoms with van der Waals surface area (Å²) in [6.07, 6.45) is 1.31. The van der Waals surface area contributed by atoms with Crippen LogP contribution in [0.1, 0.15) is 37.8 Å². The van der Waals surface area contributed by atoms with E-state index in [9.17, 15) is 24.3 Å². The smallest absolute Gasteiger partial charge is 0.326 e. The van der Waals surface area contributed by atoms with Crippen LogP contribution in [0.3, 0.4) is 0 Å². The first kappa shape index (κ1) is 31.8. The number of aliphatic carboxylic acids is 1. The van der Waals surface area contributed by atoms with Crippen LogP contribution in [0.2, 0.25) is 0 Å². The van der Waals surface area contributed by atoms with Crippen LogP contribution in [0, 0.1) is 5.92 Å². The van der Waals surface area contributed by atoms with Crippen molar-refractivity contribution in [2.24, 2.45) is 5.92 Å². The molecule has 0 radical (unpaired) electrons. The van der Waals surface area contributed by atoms with Gasteiger partial charge in [0.05, 0.1) is 19.8 Å². The largest absolute Gasteiger partial charge is 0.480 e. The average Bonchev–Trinajstić information content (AvgIpc) is 2.95. The van der Waals surface area contributed by atoms with Gasteiger partial charge in [0, 0.05) is 19.5 Å². The average molecular weight is 567 g/mol. The summed E-state index contributed by atoms with van der Waals surface area (Å²) >= 11 is 0. The van der Waals surface area contributed by atoms with Crippen LogP contribution in [-0.2, 0) is 36.8 Å². The van der Waals surface area contributed by atoms with Gasteiger partial charge in [0.1, 0.15) is 18.1 Å². The van der Waals surface area contributed by atoms with Gasteiger partial charge in [-0.3, -0.25) is 19.3 Å². The molecular formula is C31H42N4O6. The van der Waals surface area contributed by atoms with E-state index in [1.54, 1.807) is 24.3 Å². The highest BCUT2D eigenvalue weighted by molar-refractivity contribution is 5.93. The summed E-state index contributed by atoms with van der Waals surface area (Å²) in [7, 11) is 0.